The van der Waals surface area contributed by atoms with E-state index >= 15 is 0 Å². The first-order valence-electron chi connectivity index (χ1n) is 5.62. The Kier molecular flexibility index (Phi) is 8.46. The molecule has 0 saturated carbocycles. The van der Waals surface area contributed by atoms with Crippen molar-refractivity contribution in [2.45, 2.75) is 33.6 Å². The molecule has 0 aromatic rings. The van der Waals surface area contributed by atoms with Crippen molar-refractivity contribution >= 4 is 0 Å². The summed E-state index contributed by atoms with van der Waals surface area (Å²) in [5.74, 6) is 0. The van der Waals surface area contributed by atoms with Gasteiger partial charge >= 0.3 is 0 Å². The van der Waals surface area contributed by atoms with E-state index in [2.05, 4.69) is 50.8 Å². The summed E-state index contributed by atoms with van der Waals surface area (Å²) in [4.78, 5) is 0. The van der Waals surface area contributed by atoms with Crippen molar-refractivity contribution in [2.24, 2.45) is 0 Å². The van der Waals surface area contributed by atoms with E-state index in [4.69, 9.17) is 0 Å². The van der Waals surface area contributed by atoms with Crippen LogP contribution >= 0.6 is 0 Å². The predicted octanol–water partition coefficient (Wildman–Crippen LogP) is 4.98. The highest BCUT2D eigenvalue weighted by molar-refractivity contribution is 5.46. The molecule has 0 amide bonds. The third kappa shape index (κ3) is 5.90. The van der Waals surface area contributed by atoms with Gasteiger partial charge in [-0.3, -0.25) is 0 Å². The Hall–Kier alpha value is -1.30. The van der Waals surface area contributed by atoms with Gasteiger partial charge in [-0.25, -0.2) is 0 Å². The van der Waals surface area contributed by atoms with Gasteiger partial charge in [-0.15, -0.1) is 0 Å². The van der Waals surface area contributed by atoms with Crippen molar-refractivity contribution in [2.75, 3.05) is 0 Å². The van der Waals surface area contributed by atoms with Crippen LogP contribution in [0.1, 0.15) is 33.6 Å². The second-order valence-electron chi connectivity index (χ2n) is 3.23. The number of hydrogen-bond acceptors (Lipinski definition) is 0. The van der Waals surface area contributed by atoms with E-state index in [0.717, 1.165) is 12.8 Å². The molecule has 0 heterocycles. The molecule has 15 heavy (non-hydrogen) atoms. The maximum atomic E-state index is 3.69. The molecule has 82 valence electrons. The molecule has 0 N–H and O–H groups in total. The molecule has 0 unspecified atom stereocenters. The predicted molar refractivity (Wildman–Crippen MR) is 70.9 cm³/mol. The van der Waals surface area contributed by atoms with Crippen LogP contribution in [0.2, 0.25) is 0 Å². The van der Waals surface area contributed by atoms with Crippen molar-refractivity contribution in [3.8, 4) is 0 Å². The number of allylic oxidation sites excluding steroid dienone is 9. The van der Waals surface area contributed by atoms with E-state index in [1.807, 2.05) is 19.1 Å². The van der Waals surface area contributed by atoms with Crippen LogP contribution in [-0.2, 0) is 0 Å². The minimum atomic E-state index is 1.05. The topological polar surface area (TPSA) is 0 Å². The van der Waals surface area contributed by atoms with Crippen molar-refractivity contribution in [1.82, 2.24) is 0 Å². The minimum absolute atomic E-state index is 1.05. The summed E-state index contributed by atoms with van der Waals surface area (Å²) in [7, 11) is 0. The Labute approximate surface area is 94.4 Å². The zero-order valence-corrected chi connectivity index (χ0v) is 10.2. The molecule has 0 aliphatic heterocycles. The molecule has 0 aliphatic carbocycles. The highest BCUT2D eigenvalue weighted by Crippen LogP contribution is 2.15. The largest absolute Gasteiger partial charge is 0.0991 e. The average molecular weight is 202 g/mol. The normalized spacial score (nSPS) is 14.1. The molecule has 0 nitrogen and oxygen atoms in total. The second kappa shape index (κ2) is 9.26. The lowest BCUT2D eigenvalue weighted by Crippen LogP contribution is -1.83. The molecule has 0 aromatic carbocycles. The maximum Gasteiger partial charge on any atom is -0.0227 e. The summed E-state index contributed by atoms with van der Waals surface area (Å²) in [5, 5.41) is 0. The first-order chi connectivity index (χ1) is 7.29. The Morgan fingerprint density at radius 2 is 1.53 bits per heavy atom. The van der Waals surface area contributed by atoms with E-state index in [-0.39, 0.29) is 0 Å². The third-order valence-electron chi connectivity index (χ3n) is 1.94. The number of hydrogen-bond donors (Lipinski definition) is 0. The van der Waals surface area contributed by atoms with Crippen LogP contribution in [0.15, 0.2) is 60.3 Å². The van der Waals surface area contributed by atoms with Gasteiger partial charge in [0.05, 0.1) is 0 Å². The molecule has 0 rings (SSSR count). The van der Waals surface area contributed by atoms with Gasteiger partial charge in [-0.1, -0.05) is 63.0 Å². The van der Waals surface area contributed by atoms with Crippen LogP contribution < -0.4 is 0 Å². The molecule has 0 fully saturated rings. The van der Waals surface area contributed by atoms with Gasteiger partial charge in [0.1, 0.15) is 0 Å². The van der Waals surface area contributed by atoms with Crippen molar-refractivity contribution in [1.29, 1.82) is 0 Å². The Morgan fingerprint density at radius 3 is 1.93 bits per heavy atom. The summed E-state index contributed by atoms with van der Waals surface area (Å²) >= 11 is 0. The fraction of sp³-hybridized carbons (Fsp3) is 0.333. The van der Waals surface area contributed by atoms with Gasteiger partial charge in [0.2, 0.25) is 0 Å². The number of rotatable bonds is 6. The molecule has 0 atom stereocenters. The van der Waals surface area contributed by atoms with Crippen LogP contribution in [-0.4, -0.2) is 0 Å². The third-order valence-corrected chi connectivity index (χ3v) is 1.94. The van der Waals surface area contributed by atoms with E-state index < -0.39 is 0 Å². The summed E-state index contributed by atoms with van der Waals surface area (Å²) in [6, 6.07) is 0. The Morgan fingerprint density at radius 1 is 1.00 bits per heavy atom. The quantitative estimate of drug-likeness (QED) is 0.533. The van der Waals surface area contributed by atoms with Gasteiger partial charge in [0.25, 0.3) is 0 Å². The Bertz CT molecular complexity index is 285. The molecular formula is C15H22. The molecule has 0 saturated heterocycles. The summed E-state index contributed by atoms with van der Waals surface area (Å²) in [6.45, 7) is 10.0. The molecule has 0 spiro atoms. The summed E-state index contributed by atoms with van der Waals surface area (Å²) < 4.78 is 0. The standard InChI is InChI=1S/C15H22/c1-5-9-13-15(12-8-4)14(10-6-2)11-7-3/h5-6,9-13H,1,7-8H2,2-4H3/b10-6-,13-9-,14-11+,15-12+. The smallest absolute Gasteiger partial charge is 0.0227 e. The lowest BCUT2D eigenvalue weighted by molar-refractivity contribution is 1.18. The van der Waals surface area contributed by atoms with E-state index in [0.29, 0.717) is 0 Å². The maximum absolute atomic E-state index is 3.69. The minimum Gasteiger partial charge on any atom is -0.0991 e. The highest BCUT2D eigenvalue weighted by Gasteiger charge is 1.95. The summed E-state index contributed by atoms with van der Waals surface area (Å²) in [5.41, 5.74) is 2.57. The molecule has 0 aromatic heterocycles. The molecule has 0 aliphatic rings. The van der Waals surface area contributed by atoms with Crippen molar-refractivity contribution in [3.63, 3.8) is 0 Å². The zero-order valence-electron chi connectivity index (χ0n) is 10.2. The van der Waals surface area contributed by atoms with Crippen LogP contribution in [0.3, 0.4) is 0 Å². The Balaban J connectivity index is 5.01. The van der Waals surface area contributed by atoms with Crippen LogP contribution in [0, 0.1) is 0 Å². The lowest BCUT2D eigenvalue weighted by atomic mass is 10.0. The highest BCUT2D eigenvalue weighted by atomic mass is 14.0. The van der Waals surface area contributed by atoms with E-state index in [9.17, 15) is 0 Å². The second-order valence-corrected chi connectivity index (χ2v) is 3.23. The van der Waals surface area contributed by atoms with Crippen LogP contribution in [0.5, 0.6) is 0 Å². The SMILES string of the molecule is C=C\C=C/C(=C\CC)C(/C=C\C)=C/CC. The van der Waals surface area contributed by atoms with Gasteiger partial charge in [0.15, 0.2) is 0 Å². The van der Waals surface area contributed by atoms with Crippen LogP contribution in [0.25, 0.3) is 0 Å². The van der Waals surface area contributed by atoms with Gasteiger partial charge < -0.3 is 0 Å². The average Bonchev–Trinajstić information content (AvgIpc) is 2.24. The molecule has 0 bridgehead atoms. The van der Waals surface area contributed by atoms with Crippen LogP contribution in [0.4, 0.5) is 0 Å². The molecule has 0 heteroatoms. The van der Waals surface area contributed by atoms with E-state index in [1.165, 1.54) is 11.1 Å². The van der Waals surface area contributed by atoms with Crippen molar-refractivity contribution in [3.05, 3.63) is 60.3 Å². The monoisotopic (exact) mass is 202 g/mol. The van der Waals surface area contributed by atoms with Gasteiger partial charge in [0, 0.05) is 0 Å². The molecular weight excluding hydrogens is 180 g/mol. The first-order valence-corrected chi connectivity index (χ1v) is 5.62. The fourth-order valence-electron chi connectivity index (χ4n) is 1.36. The van der Waals surface area contributed by atoms with Gasteiger partial charge in [-0.2, -0.15) is 0 Å². The van der Waals surface area contributed by atoms with Gasteiger partial charge in [-0.05, 0) is 30.9 Å². The summed E-state index contributed by atoms with van der Waals surface area (Å²) in [6.07, 6.45) is 16.7. The molecule has 0 radical (unpaired) electrons. The lowest BCUT2D eigenvalue weighted by Gasteiger charge is -2.03. The van der Waals surface area contributed by atoms with Crippen molar-refractivity contribution < 1.29 is 0 Å². The van der Waals surface area contributed by atoms with E-state index in [1.54, 1.807) is 0 Å². The zero-order chi connectivity index (χ0) is 11.5. The first kappa shape index (κ1) is 13.7. The fourth-order valence-corrected chi connectivity index (χ4v) is 1.36.